The minimum atomic E-state index is -3.38. The average molecular weight is 300 g/mol. The van der Waals surface area contributed by atoms with Crippen LogP contribution >= 0.6 is 0 Å². The summed E-state index contributed by atoms with van der Waals surface area (Å²) in [7, 11) is 0. The minimum Gasteiger partial charge on any atom is -0.456 e. The van der Waals surface area contributed by atoms with Crippen LogP contribution in [0.4, 0.5) is 0 Å². The van der Waals surface area contributed by atoms with Crippen molar-refractivity contribution in [2.75, 3.05) is 0 Å². The number of ether oxygens (including phenoxy) is 1. The van der Waals surface area contributed by atoms with Crippen LogP contribution in [0.1, 0.15) is 0 Å². The minimum absolute atomic E-state index is 0.00343. The van der Waals surface area contributed by atoms with Gasteiger partial charge in [-0.15, -0.1) is 0 Å². The molecule has 0 amide bonds. The quantitative estimate of drug-likeness (QED) is 0.633. The summed E-state index contributed by atoms with van der Waals surface area (Å²) in [4.78, 5) is 12.3. The van der Waals surface area contributed by atoms with Crippen LogP contribution in [-0.2, 0) is 0 Å². The Kier molecular flexibility index (Phi) is 3.42. The van der Waals surface area contributed by atoms with Crippen LogP contribution in [0.2, 0.25) is 0 Å². The molecule has 0 aliphatic rings. The lowest BCUT2D eigenvalue weighted by atomic mass is 10.1. The smallest absolute Gasteiger partial charge is 0.453 e. The molecule has 0 aliphatic carbocycles. The standard InChI is InChI=1S/C16H12O6/c17-11-9-14(10-5-2-1-3-6-10)21-12-7-4-8-13(15(11)12)22-16(18,19)20/h1-9,18-20H. The molecular formula is C16H12O6. The molecule has 0 spiro atoms. The van der Waals surface area contributed by atoms with Crippen molar-refractivity contribution in [1.29, 1.82) is 0 Å². The second-order valence-corrected chi connectivity index (χ2v) is 4.65. The molecule has 0 unspecified atom stereocenters. The first kappa shape index (κ1) is 14.3. The first-order valence-corrected chi connectivity index (χ1v) is 6.42. The predicted octanol–water partition coefficient (Wildman–Crippen LogP) is 1.43. The lowest BCUT2D eigenvalue weighted by Crippen LogP contribution is -2.34. The van der Waals surface area contributed by atoms with E-state index in [9.17, 15) is 4.79 Å². The van der Waals surface area contributed by atoms with Crippen LogP contribution in [0.25, 0.3) is 22.3 Å². The predicted molar refractivity (Wildman–Crippen MR) is 77.9 cm³/mol. The Hall–Kier alpha value is -2.67. The molecule has 3 N–H and O–H groups in total. The zero-order chi connectivity index (χ0) is 15.7. The summed E-state index contributed by atoms with van der Waals surface area (Å²) in [6.07, 6.45) is -3.38. The Labute approximate surface area is 124 Å². The van der Waals surface area contributed by atoms with E-state index in [1.807, 2.05) is 18.2 Å². The topological polar surface area (TPSA) is 100 Å². The maximum Gasteiger partial charge on any atom is 0.453 e. The molecule has 6 heteroatoms. The molecule has 3 rings (SSSR count). The maximum absolute atomic E-state index is 12.3. The van der Waals surface area contributed by atoms with Gasteiger partial charge in [0.1, 0.15) is 22.5 Å². The fourth-order valence-electron chi connectivity index (χ4n) is 2.16. The highest BCUT2D eigenvalue weighted by atomic mass is 16.9. The van der Waals surface area contributed by atoms with Crippen molar-refractivity contribution in [1.82, 2.24) is 0 Å². The summed E-state index contributed by atoms with van der Waals surface area (Å²) in [5.74, 6) is 0.178. The average Bonchev–Trinajstić information content (AvgIpc) is 2.46. The normalized spacial score (nSPS) is 11.6. The van der Waals surface area contributed by atoms with Crippen molar-refractivity contribution in [2.45, 2.75) is 6.16 Å². The number of benzene rings is 2. The van der Waals surface area contributed by atoms with Crippen LogP contribution in [-0.4, -0.2) is 21.5 Å². The Bertz CT molecular complexity index is 861. The van der Waals surface area contributed by atoms with Gasteiger partial charge in [-0.2, -0.15) is 0 Å². The molecule has 22 heavy (non-hydrogen) atoms. The van der Waals surface area contributed by atoms with Gasteiger partial charge in [0.05, 0.1) is 0 Å². The van der Waals surface area contributed by atoms with Crippen molar-refractivity contribution >= 4 is 11.0 Å². The molecule has 0 atom stereocenters. The molecular weight excluding hydrogens is 288 g/mol. The van der Waals surface area contributed by atoms with Gasteiger partial charge < -0.3 is 24.5 Å². The van der Waals surface area contributed by atoms with Crippen molar-refractivity contribution in [3.05, 3.63) is 64.8 Å². The van der Waals surface area contributed by atoms with Crippen molar-refractivity contribution in [3.8, 4) is 17.1 Å². The molecule has 3 aromatic rings. The second-order valence-electron chi connectivity index (χ2n) is 4.65. The second kappa shape index (κ2) is 5.27. The van der Waals surface area contributed by atoms with E-state index in [0.717, 1.165) is 5.56 Å². The molecule has 6 nitrogen and oxygen atoms in total. The third-order valence-electron chi connectivity index (χ3n) is 3.02. The summed E-state index contributed by atoms with van der Waals surface area (Å²) < 4.78 is 10.2. The molecule has 0 radical (unpaired) electrons. The fraction of sp³-hybridized carbons (Fsp3) is 0.0625. The van der Waals surface area contributed by atoms with E-state index in [4.69, 9.17) is 19.7 Å². The van der Waals surface area contributed by atoms with Gasteiger partial charge >= 0.3 is 6.16 Å². The highest BCUT2D eigenvalue weighted by molar-refractivity contribution is 5.84. The number of hydrogen-bond acceptors (Lipinski definition) is 6. The molecule has 1 heterocycles. The first-order chi connectivity index (χ1) is 10.4. The first-order valence-electron chi connectivity index (χ1n) is 6.42. The van der Waals surface area contributed by atoms with Gasteiger partial charge in [-0.25, -0.2) is 0 Å². The zero-order valence-corrected chi connectivity index (χ0v) is 11.3. The van der Waals surface area contributed by atoms with Crippen molar-refractivity contribution in [3.63, 3.8) is 0 Å². The number of rotatable bonds is 3. The summed E-state index contributed by atoms with van der Waals surface area (Å²) in [6, 6.07) is 14.7. The third-order valence-corrected chi connectivity index (χ3v) is 3.02. The molecule has 0 saturated heterocycles. The van der Waals surface area contributed by atoms with Crippen LogP contribution in [0.3, 0.4) is 0 Å². The van der Waals surface area contributed by atoms with Gasteiger partial charge in [0, 0.05) is 11.6 Å². The van der Waals surface area contributed by atoms with Gasteiger partial charge in [0.15, 0.2) is 5.43 Å². The molecule has 2 aromatic carbocycles. The van der Waals surface area contributed by atoms with E-state index in [-0.39, 0.29) is 16.7 Å². The Morgan fingerprint density at radius 1 is 0.955 bits per heavy atom. The molecule has 112 valence electrons. The molecule has 0 saturated carbocycles. The van der Waals surface area contributed by atoms with Gasteiger partial charge in [0.2, 0.25) is 0 Å². The van der Waals surface area contributed by atoms with Crippen LogP contribution in [0.15, 0.2) is 63.8 Å². The van der Waals surface area contributed by atoms with Gasteiger partial charge in [-0.05, 0) is 12.1 Å². The van der Waals surface area contributed by atoms with Crippen molar-refractivity contribution < 1.29 is 24.5 Å². The lowest BCUT2D eigenvalue weighted by Gasteiger charge is -2.16. The van der Waals surface area contributed by atoms with Crippen LogP contribution in [0, 0.1) is 0 Å². The molecule has 0 fully saturated rings. The number of fused-ring (bicyclic) bond motifs is 1. The van der Waals surface area contributed by atoms with Gasteiger partial charge in [-0.1, -0.05) is 36.4 Å². The van der Waals surface area contributed by atoms with Crippen molar-refractivity contribution in [2.24, 2.45) is 0 Å². The van der Waals surface area contributed by atoms with E-state index in [1.165, 1.54) is 18.2 Å². The van der Waals surface area contributed by atoms with Crippen LogP contribution < -0.4 is 10.2 Å². The molecule has 0 aliphatic heterocycles. The Morgan fingerprint density at radius 2 is 1.68 bits per heavy atom. The van der Waals surface area contributed by atoms with E-state index >= 15 is 0 Å². The summed E-state index contributed by atoms with van der Waals surface area (Å²) in [5, 5.41) is 26.7. The van der Waals surface area contributed by atoms with E-state index < -0.39 is 11.6 Å². The third kappa shape index (κ3) is 2.84. The largest absolute Gasteiger partial charge is 0.456 e. The number of hydrogen-bond donors (Lipinski definition) is 3. The van der Waals surface area contributed by atoms with Gasteiger partial charge in [0.25, 0.3) is 0 Å². The lowest BCUT2D eigenvalue weighted by molar-refractivity contribution is -0.419. The van der Waals surface area contributed by atoms with Crippen LogP contribution in [0.5, 0.6) is 5.75 Å². The summed E-state index contributed by atoms with van der Waals surface area (Å²) >= 11 is 0. The van der Waals surface area contributed by atoms with E-state index in [0.29, 0.717) is 5.76 Å². The van der Waals surface area contributed by atoms with E-state index in [2.05, 4.69) is 4.74 Å². The Balaban J connectivity index is 2.19. The van der Waals surface area contributed by atoms with Gasteiger partial charge in [-0.3, -0.25) is 4.79 Å². The SMILES string of the molecule is O=c1cc(-c2ccccc2)oc2cccc(OC(O)(O)O)c12. The summed E-state index contributed by atoms with van der Waals surface area (Å²) in [5.41, 5.74) is 0.502. The number of aliphatic hydroxyl groups is 3. The molecule has 0 bridgehead atoms. The Morgan fingerprint density at radius 3 is 2.36 bits per heavy atom. The highest BCUT2D eigenvalue weighted by Crippen LogP contribution is 2.28. The molecule has 1 aromatic heterocycles. The summed E-state index contributed by atoms with van der Waals surface area (Å²) in [6.45, 7) is 0. The fourth-order valence-corrected chi connectivity index (χ4v) is 2.16. The maximum atomic E-state index is 12.3. The monoisotopic (exact) mass is 300 g/mol. The zero-order valence-electron chi connectivity index (χ0n) is 11.3. The van der Waals surface area contributed by atoms with E-state index in [1.54, 1.807) is 18.2 Å². The highest BCUT2D eigenvalue weighted by Gasteiger charge is 2.23.